The van der Waals surface area contributed by atoms with Crippen molar-refractivity contribution in [1.82, 2.24) is 4.98 Å². The standard InChI is InChI=1S/C58H49N/c1-38(43-17-7-6-8-18-43)26-27-45-29-28-44(40(3)41(45)4)19-15-20-46-34-35-52(53-23-12-11-22-51(46)53)47-30-32-48(33-31-47)58-55-37-36-50(49-21-10-9-16-39(49)2)42(5)57(55)54-24-13-14-25-56(54)59-58/h6-8,10-15,17-19,21-37H,1,9,16,20H2,2-5H3/b19-15-,27-26-. The van der Waals surface area contributed by atoms with Crippen molar-refractivity contribution in [3.05, 3.63) is 220 Å². The van der Waals surface area contributed by atoms with Crippen LogP contribution in [-0.2, 0) is 6.42 Å². The lowest BCUT2D eigenvalue weighted by Gasteiger charge is -2.19. The van der Waals surface area contributed by atoms with Crippen molar-refractivity contribution < 1.29 is 0 Å². The third kappa shape index (κ3) is 7.30. The molecule has 1 heteroatoms. The molecule has 0 saturated carbocycles. The summed E-state index contributed by atoms with van der Waals surface area (Å²) in [6.45, 7) is 13.3. The van der Waals surface area contributed by atoms with Crippen LogP contribution in [-0.4, -0.2) is 4.98 Å². The fourth-order valence-corrected chi connectivity index (χ4v) is 8.90. The summed E-state index contributed by atoms with van der Waals surface area (Å²) in [5, 5.41) is 6.26. The number of benzene rings is 7. The molecule has 1 aliphatic carbocycles. The number of fused-ring (bicyclic) bond motifs is 4. The number of allylic oxidation sites excluding steroid dienone is 7. The highest BCUT2D eigenvalue weighted by molar-refractivity contribution is 6.14. The van der Waals surface area contributed by atoms with Gasteiger partial charge in [0.25, 0.3) is 0 Å². The second kappa shape index (κ2) is 16.2. The molecule has 1 nitrogen and oxygen atoms in total. The van der Waals surface area contributed by atoms with Gasteiger partial charge in [0.1, 0.15) is 0 Å². The van der Waals surface area contributed by atoms with Crippen molar-refractivity contribution in [2.45, 2.75) is 47.0 Å². The molecule has 286 valence electrons. The minimum absolute atomic E-state index is 0.853. The molecule has 9 rings (SSSR count). The van der Waals surface area contributed by atoms with Crippen LogP contribution >= 0.6 is 0 Å². The lowest BCUT2D eigenvalue weighted by molar-refractivity contribution is 0.967. The molecule has 8 aromatic rings. The monoisotopic (exact) mass is 759 g/mol. The Morgan fingerprint density at radius 1 is 0.593 bits per heavy atom. The van der Waals surface area contributed by atoms with Crippen LogP contribution in [0.5, 0.6) is 0 Å². The van der Waals surface area contributed by atoms with E-state index >= 15 is 0 Å². The van der Waals surface area contributed by atoms with Crippen molar-refractivity contribution in [3.63, 3.8) is 0 Å². The van der Waals surface area contributed by atoms with Crippen molar-refractivity contribution in [1.29, 1.82) is 0 Å². The Morgan fingerprint density at radius 2 is 1.25 bits per heavy atom. The first-order valence-electron chi connectivity index (χ1n) is 20.8. The molecule has 0 aliphatic heterocycles. The molecule has 0 spiro atoms. The van der Waals surface area contributed by atoms with E-state index in [1.165, 1.54) is 88.1 Å². The van der Waals surface area contributed by atoms with Gasteiger partial charge in [-0.1, -0.05) is 182 Å². The number of pyridine rings is 1. The highest BCUT2D eigenvalue weighted by Gasteiger charge is 2.17. The molecular formula is C58H49N. The molecule has 1 aliphatic rings. The van der Waals surface area contributed by atoms with Gasteiger partial charge in [0, 0.05) is 16.3 Å². The van der Waals surface area contributed by atoms with Gasteiger partial charge in [0.15, 0.2) is 0 Å². The lowest BCUT2D eigenvalue weighted by Crippen LogP contribution is -1.98. The molecule has 7 aromatic carbocycles. The molecule has 0 amide bonds. The summed E-state index contributed by atoms with van der Waals surface area (Å²) >= 11 is 0. The van der Waals surface area contributed by atoms with Crippen LogP contribution < -0.4 is 0 Å². The summed E-state index contributed by atoms with van der Waals surface area (Å²) in [7, 11) is 0. The summed E-state index contributed by atoms with van der Waals surface area (Å²) in [4.78, 5) is 5.29. The summed E-state index contributed by atoms with van der Waals surface area (Å²) < 4.78 is 0. The van der Waals surface area contributed by atoms with Gasteiger partial charge < -0.3 is 0 Å². The fourth-order valence-electron chi connectivity index (χ4n) is 8.90. The molecule has 0 N–H and O–H groups in total. The second-order valence-electron chi connectivity index (χ2n) is 16.0. The van der Waals surface area contributed by atoms with Crippen LogP contribution in [0.3, 0.4) is 0 Å². The maximum Gasteiger partial charge on any atom is 0.0788 e. The Labute approximate surface area is 349 Å². The van der Waals surface area contributed by atoms with Crippen LogP contribution in [0.15, 0.2) is 176 Å². The summed E-state index contributed by atoms with van der Waals surface area (Å²) in [5.74, 6) is 0. The maximum atomic E-state index is 5.29. The summed E-state index contributed by atoms with van der Waals surface area (Å²) in [5.41, 5.74) is 19.6. The molecule has 1 heterocycles. The smallest absolute Gasteiger partial charge is 0.0788 e. The third-order valence-corrected chi connectivity index (χ3v) is 12.4. The zero-order chi connectivity index (χ0) is 40.5. The van der Waals surface area contributed by atoms with Crippen LogP contribution in [0.4, 0.5) is 0 Å². The Bertz CT molecular complexity index is 3040. The van der Waals surface area contributed by atoms with E-state index in [0.29, 0.717) is 0 Å². The van der Waals surface area contributed by atoms with Gasteiger partial charge in [0.2, 0.25) is 0 Å². The molecule has 0 bridgehead atoms. The van der Waals surface area contributed by atoms with Crippen molar-refractivity contribution in [3.8, 4) is 22.4 Å². The molecule has 0 fully saturated rings. The van der Waals surface area contributed by atoms with E-state index in [1.54, 1.807) is 0 Å². The Hall–Kier alpha value is -6.83. The second-order valence-corrected chi connectivity index (χ2v) is 16.0. The predicted octanol–water partition coefficient (Wildman–Crippen LogP) is 15.9. The third-order valence-electron chi connectivity index (χ3n) is 12.4. The van der Waals surface area contributed by atoms with Crippen LogP contribution in [0.25, 0.3) is 78.1 Å². The van der Waals surface area contributed by atoms with Gasteiger partial charge in [-0.15, -0.1) is 0 Å². The number of rotatable bonds is 9. The quantitative estimate of drug-likeness (QED) is 0.105. The zero-order valence-corrected chi connectivity index (χ0v) is 34.5. The average molecular weight is 760 g/mol. The zero-order valence-electron chi connectivity index (χ0n) is 34.5. The van der Waals surface area contributed by atoms with E-state index < -0.39 is 0 Å². The molecular weight excluding hydrogens is 711 g/mol. The first-order chi connectivity index (χ1) is 28.9. The molecule has 0 unspecified atom stereocenters. The summed E-state index contributed by atoms with van der Waals surface area (Å²) in [6, 6.07) is 50.5. The van der Waals surface area contributed by atoms with E-state index in [1.807, 2.05) is 6.07 Å². The Balaban J connectivity index is 0.992. The molecule has 1 aromatic heterocycles. The number of aromatic nitrogens is 1. The van der Waals surface area contributed by atoms with Gasteiger partial charge in [-0.2, -0.15) is 0 Å². The Morgan fingerprint density at radius 3 is 2.02 bits per heavy atom. The summed E-state index contributed by atoms with van der Waals surface area (Å²) in [6.07, 6.45) is 16.6. The van der Waals surface area contributed by atoms with E-state index in [-0.39, 0.29) is 0 Å². The van der Waals surface area contributed by atoms with Gasteiger partial charge in [-0.3, -0.25) is 0 Å². The normalized spacial score (nSPS) is 13.2. The minimum Gasteiger partial charge on any atom is -0.247 e. The first kappa shape index (κ1) is 37.7. The number of para-hydroxylation sites is 1. The number of nitrogens with zero attached hydrogens (tertiary/aromatic N) is 1. The van der Waals surface area contributed by atoms with Crippen molar-refractivity contribution in [2.75, 3.05) is 0 Å². The number of hydrogen-bond donors (Lipinski definition) is 0. The topological polar surface area (TPSA) is 12.9 Å². The van der Waals surface area contributed by atoms with Crippen LogP contribution in [0.1, 0.15) is 64.3 Å². The highest BCUT2D eigenvalue weighted by Crippen LogP contribution is 2.40. The van der Waals surface area contributed by atoms with Crippen LogP contribution in [0.2, 0.25) is 0 Å². The molecule has 0 atom stereocenters. The van der Waals surface area contributed by atoms with E-state index in [2.05, 4.69) is 204 Å². The van der Waals surface area contributed by atoms with Crippen molar-refractivity contribution >= 4 is 55.7 Å². The number of aryl methyl sites for hydroxylation is 1. The largest absolute Gasteiger partial charge is 0.247 e. The average Bonchev–Trinajstić information content (AvgIpc) is 3.28. The van der Waals surface area contributed by atoms with Gasteiger partial charge >= 0.3 is 0 Å². The van der Waals surface area contributed by atoms with E-state index in [4.69, 9.17) is 4.98 Å². The van der Waals surface area contributed by atoms with Gasteiger partial charge in [0.05, 0.1) is 11.2 Å². The fraction of sp³-hybridized carbons (Fsp3) is 0.121. The molecule has 0 radical (unpaired) electrons. The van der Waals surface area contributed by atoms with Crippen LogP contribution in [0, 0.1) is 20.8 Å². The van der Waals surface area contributed by atoms with E-state index in [9.17, 15) is 0 Å². The Kier molecular flexibility index (Phi) is 10.4. The minimum atomic E-state index is 0.853. The first-order valence-corrected chi connectivity index (χ1v) is 20.8. The highest BCUT2D eigenvalue weighted by atomic mass is 14.7. The molecule has 59 heavy (non-hydrogen) atoms. The number of hydrogen-bond acceptors (Lipinski definition) is 1. The van der Waals surface area contributed by atoms with E-state index in [0.717, 1.165) is 47.2 Å². The van der Waals surface area contributed by atoms with Crippen molar-refractivity contribution in [2.24, 2.45) is 0 Å². The maximum absolute atomic E-state index is 5.29. The van der Waals surface area contributed by atoms with Gasteiger partial charge in [-0.25, -0.2) is 4.98 Å². The lowest BCUT2D eigenvalue weighted by atomic mass is 9.87. The SMILES string of the molecule is C=C(/C=C\c1ccc(/C=C\Cc2ccc(-c3ccc(-c4nc5ccccc5c5c(C)c(C6=C(C)CCC=C6)ccc45)cc3)c3ccccc23)c(C)c1C)c1ccccc1. The molecule has 0 saturated heterocycles. The van der Waals surface area contributed by atoms with Gasteiger partial charge in [-0.05, 0) is 136 Å². The predicted molar refractivity (Wildman–Crippen MR) is 256 cm³/mol.